The molecule has 0 spiro atoms. The maximum Gasteiger partial charge on any atom is 0.325 e. The molecule has 0 radical (unpaired) electrons. The van der Waals surface area contributed by atoms with E-state index in [2.05, 4.69) is 17.4 Å². The topological polar surface area (TPSA) is 79.0 Å². The molecule has 7 nitrogen and oxygen atoms in total. The molecule has 2 aliphatic heterocycles. The Balaban J connectivity index is 1.26. The predicted octanol–water partition coefficient (Wildman–Crippen LogP) is 3.86. The minimum absolute atomic E-state index is 0.234. The Morgan fingerprint density at radius 3 is 2.37 bits per heavy atom. The Labute approximate surface area is 205 Å². The number of ether oxygens (including phenoxy) is 1. The summed E-state index contributed by atoms with van der Waals surface area (Å²) >= 11 is 0. The van der Waals surface area contributed by atoms with Crippen molar-refractivity contribution >= 4 is 17.8 Å². The van der Waals surface area contributed by atoms with Crippen LogP contribution in [0.25, 0.3) is 0 Å². The highest BCUT2D eigenvalue weighted by molar-refractivity contribution is 6.09. The lowest BCUT2D eigenvalue weighted by Gasteiger charge is -2.33. The number of imide groups is 1. The summed E-state index contributed by atoms with van der Waals surface area (Å²) in [6, 6.07) is 13.0. The van der Waals surface area contributed by atoms with Gasteiger partial charge in [-0.15, -0.1) is 0 Å². The minimum Gasteiger partial charge on any atom is -0.494 e. The summed E-state index contributed by atoms with van der Waals surface area (Å²) in [5.41, 5.74) is 0.425. The van der Waals surface area contributed by atoms with Gasteiger partial charge >= 0.3 is 6.03 Å². The average molecular weight is 482 g/mol. The third-order valence-corrected chi connectivity index (χ3v) is 7.03. The van der Waals surface area contributed by atoms with E-state index in [1.54, 1.807) is 11.8 Å². The number of nitrogens with one attached hydrogen (secondary N) is 1. The minimum atomic E-state index is -1.32. The molecule has 2 aromatic carbocycles. The zero-order chi connectivity index (χ0) is 25.0. The number of hydrogen-bond donors (Lipinski definition) is 1. The highest BCUT2D eigenvalue weighted by Crippen LogP contribution is 2.29. The first-order valence-electron chi connectivity index (χ1n) is 12.2. The summed E-state index contributed by atoms with van der Waals surface area (Å²) in [6.45, 7) is 5.13. The van der Waals surface area contributed by atoms with Crippen molar-refractivity contribution in [2.75, 3.05) is 26.2 Å². The molecule has 4 amide bonds. The summed E-state index contributed by atoms with van der Waals surface area (Å²) < 4.78 is 18.8. The van der Waals surface area contributed by atoms with E-state index >= 15 is 0 Å². The lowest BCUT2D eigenvalue weighted by atomic mass is 9.90. The van der Waals surface area contributed by atoms with Gasteiger partial charge < -0.3 is 15.0 Å². The summed E-state index contributed by atoms with van der Waals surface area (Å²) in [4.78, 5) is 41.2. The number of rotatable bonds is 8. The van der Waals surface area contributed by atoms with Crippen LogP contribution < -0.4 is 10.1 Å². The summed E-state index contributed by atoms with van der Waals surface area (Å²) in [5.74, 6) is 0.244. The fourth-order valence-corrected chi connectivity index (χ4v) is 4.82. The Bertz CT molecular complexity index is 1060. The molecule has 2 saturated heterocycles. The molecule has 0 bridgehead atoms. The number of likely N-dealkylation sites (tertiary alicyclic amines) is 1. The van der Waals surface area contributed by atoms with Gasteiger partial charge in [-0.2, -0.15) is 0 Å². The number of aryl methyl sites for hydroxylation is 1. The van der Waals surface area contributed by atoms with Crippen LogP contribution in [0.5, 0.6) is 5.75 Å². The first kappa shape index (κ1) is 24.7. The smallest absolute Gasteiger partial charge is 0.325 e. The first-order valence-corrected chi connectivity index (χ1v) is 12.2. The number of carbonyl (C=O) groups excluding carboxylic acids is 3. The number of benzene rings is 2. The van der Waals surface area contributed by atoms with Crippen molar-refractivity contribution < 1.29 is 23.5 Å². The van der Waals surface area contributed by atoms with Crippen molar-refractivity contribution in [2.24, 2.45) is 5.92 Å². The average Bonchev–Trinajstić information content (AvgIpc) is 3.08. The molecular formula is C27H32FN3O4. The molecule has 0 aliphatic carbocycles. The number of urea groups is 1. The van der Waals surface area contributed by atoms with E-state index in [-0.39, 0.29) is 12.5 Å². The molecule has 4 rings (SSSR count). The van der Waals surface area contributed by atoms with Crippen LogP contribution in [0.15, 0.2) is 48.5 Å². The lowest BCUT2D eigenvalue weighted by molar-refractivity contribution is -0.139. The van der Waals surface area contributed by atoms with Gasteiger partial charge in [-0.3, -0.25) is 14.5 Å². The van der Waals surface area contributed by atoms with Crippen LogP contribution in [0, 0.1) is 11.7 Å². The van der Waals surface area contributed by atoms with Crippen LogP contribution in [0.4, 0.5) is 9.18 Å². The van der Waals surface area contributed by atoms with Crippen LogP contribution in [0.3, 0.4) is 0 Å². The van der Waals surface area contributed by atoms with Crippen molar-refractivity contribution in [1.82, 2.24) is 15.1 Å². The lowest BCUT2D eigenvalue weighted by Crippen LogP contribution is -2.46. The summed E-state index contributed by atoms with van der Waals surface area (Å²) in [6.07, 6.45) is 3.83. The maximum atomic E-state index is 13.3. The van der Waals surface area contributed by atoms with Crippen molar-refractivity contribution in [2.45, 2.75) is 45.1 Å². The highest BCUT2D eigenvalue weighted by Gasteiger charge is 2.49. The highest BCUT2D eigenvalue weighted by atomic mass is 19.1. The summed E-state index contributed by atoms with van der Waals surface area (Å²) in [5, 5.41) is 2.66. The molecule has 8 heteroatoms. The van der Waals surface area contributed by atoms with Gasteiger partial charge in [0.25, 0.3) is 5.91 Å². The zero-order valence-corrected chi connectivity index (χ0v) is 20.3. The molecule has 0 aromatic heterocycles. The van der Waals surface area contributed by atoms with Gasteiger partial charge in [0.2, 0.25) is 5.91 Å². The molecule has 1 unspecified atom stereocenters. The first-order chi connectivity index (χ1) is 16.8. The molecule has 2 heterocycles. The number of halogens is 1. The number of amides is 4. The van der Waals surface area contributed by atoms with E-state index in [1.807, 2.05) is 19.1 Å². The van der Waals surface area contributed by atoms with E-state index in [0.29, 0.717) is 31.2 Å². The molecule has 0 saturated carbocycles. The zero-order valence-electron chi connectivity index (χ0n) is 20.3. The standard InChI is InChI=1S/C27H32FN3O4/c1-3-35-23-12-6-19(7-13-23)4-5-20-14-16-30(17-15-20)24(32)18-31-25(33)27(2,29-26(31)34)21-8-10-22(28)11-9-21/h6-13,20H,3-5,14-18H2,1-2H3,(H,29,34). The Hall–Kier alpha value is -3.42. The second kappa shape index (κ2) is 10.5. The van der Waals surface area contributed by atoms with Gasteiger partial charge in [0.05, 0.1) is 6.61 Å². The van der Waals surface area contributed by atoms with E-state index in [4.69, 9.17) is 4.74 Å². The van der Waals surface area contributed by atoms with Crippen LogP contribution in [0.2, 0.25) is 0 Å². The van der Waals surface area contributed by atoms with Gasteiger partial charge in [-0.1, -0.05) is 24.3 Å². The van der Waals surface area contributed by atoms with E-state index in [1.165, 1.54) is 29.8 Å². The molecule has 1 atom stereocenters. The molecule has 2 aliphatic rings. The Kier molecular flexibility index (Phi) is 7.38. The summed E-state index contributed by atoms with van der Waals surface area (Å²) in [7, 11) is 0. The fourth-order valence-electron chi connectivity index (χ4n) is 4.82. The predicted molar refractivity (Wildman–Crippen MR) is 129 cm³/mol. The SMILES string of the molecule is CCOc1ccc(CCC2CCN(C(=O)CN3C(=O)NC(C)(c4ccc(F)cc4)C3=O)CC2)cc1. The van der Waals surface area contributed by atoms with E-state index in [9.17, 15) is 18.8 Å². The van der Waals surface area contributed by atoms with E-state index in [0.717, 1.165) is 36.3 Å². The maximum absolute atomic E-state index is 13.3. The Morgan fingerprint density at radius 1 is 1.09 bits per heavy atom. The number of piperidine rings is 1. The molecular weight excluding hydrogens is 449 g/mol. The van der Waals surface area contributed by atoms with Gasteiger partial charge in [0, 0.05) is 13.1 Å². The van der Waals surface area contributed by atoms with Gasteiger partial charge in [-0.05, 0) is 80.8 Å². The van der Waals surface area contributed by atoms with Crippen LogP contribution in [-0.4, -0.2) is 53.9 Å². The van der Waals surface area contributed by atoms with Gasteiger partial charge in [-0.25, -0.2) is 9.18 Å². The molecule has 2 aromatic rings. The van der Waals surface area contributed by atoms with Crippen LogP contribution >= 0.6 is 0 Å². The Morgan fingerprint density at radius 2 is 1.74 bits per heavy atom. The molecule has 1 N–H and O–H groups in total. The monoisotopic (exact) mass is 481 g/mol. The van der Waals surface area contributed by atoms with Gasteiger partial charge in [0.1, 0.15) is 23.7 Å². The number of nitrogens with zero attached hydrogens (tertiary/aromatic N) is 2. The molecule has 35 heavy (non-hydrogen) atoms. The molecule has 186 valence electrons. The van der Waals surface area contributed by atoms with Crippen LogP contribution in [-0.2, 0) is 21.5 Å². The van der Waals surface area contributed by atoms with Crippen molar-refractivity contribution in [3.63, 3.8) is 0 Å². The largest absolute Gasteiger partial charge is 0.494 e. The van der Waals surface area contributed by atoms with Crippen molar-refractivity contribution in [1.29, 1.82) is 0 Å². The van der Waals surface area contributed by atoms with E-state index < -0.39 is 23.3 Å². The second-order valence-electron chi connectivity index (χ2n) is 9.39. The fraction of sp³-hybridized carbons (Fsp3) is 0.444. The quantitative estimate of drug-likeness (QED) is 0.581. The third-order valence-electron chi connectivity index (χ3n) is 7.03. The number of carbonyl (C=O) groups is 3. The normalized spacial score (nSPS) is 20.8. The number of hydrogen-bond acceptors (Lipinski definition) is 4. The van der Waals surface area contributed by atoms with Gasteiger partial charge in [0.15, 0.2) is 0 Å². The third kappa shape index (κ3) is 5.47. The van der Waals surface area contributed by atoms with Crippen molar-refractivity contribution in [3.8, 4) is 5.75 Å². The second-order valence-corrected chi connectivity index (χ2v) is 9.39. The van der Waals surface area contributed by atoms with Crippen LogP contribution in [0.1, 0.15) is 44.2 Å². The molecule has 2 fully saturated rings. The van der Waals surface area contributed by atoms with Crippen molar-refractivity contribution in [3.05, 3.63) is 65.5 Å².